The second-order valence-electron chi connectivity index (χ2n) is 7.36. The van der Waals surface area contributed by atoms with Crippen LogP contribution in [0.2, 0.25) is 5.02 Å². The van der Waals surface area contributed by atoms with Crippen LogP contribution in [0.15, 0.2) is 48.5 Å². The summed E-state index contributed by atoms with van der Waals surface area (Å²) in [7, 11) is 3.05. The lowest BCUT2D eigenvalue weighted by atomic mass is 10.2. The summed E-state index contributed by atoms with van der Waals surface area (Å²) in [5.41, 5.74) is 1.87. The summed E-state index contributed by atoms with van der Waals surface area (Å²) in [4.78, 5) is 28.1. The number of hydrogen-bond donors (Lipinski definition) is 1. The number of nitrogens with zero attached hydrogens (tertiary/aromatic N) is 3. The number of nitrogens with one attached hydrogen (secondary N) is 1. The summed E-state index contributed by atoms with van der Waals surface area (Å²) < 4.78 is 20.2. The minimum atomic E-state index is -0.388. The molecule has 0 unspecified atom stereocenters. The van der Waals surface area contributed by atoms with E-state index >= 15 is 0 Å². The summed E-state index contributed by atoms with van der Waals surface area (Å²) in [6.07, 6.45) is 0. The zero-order valence-electron chi connectivity index (χ0n) is 18.1. The van der Waals surface area contributed by atoms with Crippen molar-refractivity contribution in [2.45, 2.75) is 6.92 Å². The Labute approximate surface area is 198 Å². The Bertz CT molecular complexity index is 1350. The average molecular weight is 487 g/mol. The summed E-state index contributed by atoms with van der Waals surface area (Å²) >= 11 is 7.27. The van der Waals surface area contributed by atoms with Gasteiger partial charge in [-0.2, -0.15) is 5.10 Å². The van der Waals surface area contributed by atoms with Gasteiger partial charge in [0.1, 0.15) is 16.4 Å². The predicted octanol–water partition coefficient (Wildman–Crippen LogP) is 4.91. The van der Waals surface area contributed by atoms with Crippen LogP contribution in [0.1, 0.15) is 15.4 Å². The summed E-state index contributed by atoms with van der Waals surface area (Å²) in [5, 5.41) is 8.51. The fourth-order valence-corrected chi connectivity index (χ4v) is 4.70. The van der Waals surface area contributed by atoms with E-state index in [2.05, 4.69) is 10.4 Å². The molecule has 7 nitrogen and oxygen atoms in total. The molecule has 0 aliphatic heterocycles. The number of halogens is 2. The summed E-state index contributed by atoms with van der Waals surface area (Å²) in [6.45, 7) is 1.69. The minimum absolute atomic E-state index is 0.161. The lowest BCUT2D eigenvalue weighted by Gasteiger charge is -2.17. The number of likely N-dealkylation sites (N-methyl/N-ethyl adjacent to an activating group) is 1. The number of methoxy groups -OCH3 is 1. The number of thiophene rings is 1. The fourth-order valence-electron chi connectivity index (χ4n) is 3.35. The first-order valence-corrected chi connectivity index (χ1v) is 11.1. The zero-order chi connectivity index (χ0) is 23.7. The number of carbonyl (C=O) groups is 2. The minimum Gasteiger partial charge on any atom is -0.495 e. The molecule has 2 heterocycles. The maximum atomic E-state index is 13.3. The molecule has 0 aliphatic rings. The van der Waals surface area contributed by atoms with Crippen molar-refractivity contribution in [1.29, 1.82) is 0 Å². The van der Waals surface area contributed by atoms with Crippen molar-refractivity contribution in [2.75, 3.05) is 26.0 Å². The molecular formula is C23H20ClFN4O3S. The molecule has 0 radical (unpaired) electrons. The molecule has 0 fully saturated rings. The van der Waals surface area contributed by atoms with E-state index in [1.54, 1.807) is 48.1 Å². The molecule has 4 rings (SSSR count). The molecule has 33 heavy (non-hydrogen) atoms. The quantitative estimate of drug-likeness (QED) is 0.420. The number of aromatic nitrogens is 2. The van der Waals surface area contributed by atoms with Crippen LogP contribution in [-0.2, 0) is 4.79 Å². The molecule has 10 heteroatoms. The van der Waals surface area contributed by atoms with E-state index in [0.717, 1.165) is 15.9 Å². The highest BCUT2D eigenvalue weighted by molar-refractivity contribution is 7.20. The third kappa shape index (κ3) is 4.69. The third-order valence-corrected chi connectivity index (χ3v) is 6.32. The number of anilines is 1. The SMILES string of the molecule is COc1ccc(Cl)cc1NC(=O)CN(C)C(=O)c1cc2c(C)nn(-c3ccc(F)cc3)c2s1. The number of amides is 2. The molecule has 0 bridgehead atoms. The second kappa shape index (κ2) is 9.21. The molecule has 1 N–H and O–H groups in total. The number of hydrogen-bond acceptors (Lipinski definition) is 5. The van der Waals surface area contributed by atoms with Crippen molar-refractivity contribution in [2.24, 2.45) is 0 Å². The topological polar surface area (TPSA) is 76.5 Å². The smallest absolute Gasteiger partial charge is 0.264 e. The van der Waals surface area contributed by atoms with Crippen LogP contribution in [0.3, 0.4) is 0 Å². The third-order valence-electron chi connectivity index (χ3n) is 4.99. The maximum Gasteiger partial charge on any atom is 0.264 e. The van der Waals surface area contributed by atoms with E-state index in [-0.39, 0.29) is 24.2 Å². The van der Waals surface area contributed by atoms with Crippen molar-refractivity contribution in [3.05, 3.63) is 69.9 Å². The van der Waals surface area contributed by atoms with Crippen LogP contribution in [0.4, 0.5) is 10.1 Å². The van der Waals surface area contributed by atoms with Crippen LogP contribution >= 0.6 is 22.9 Å². The monoisotopic (exact) mass is 486 g/mol. The zero-order valence-corrected chi connectivity index (χ0v) is 19.6. The van der Waals surface area contributed by atoms with Gasteiger partial charge in [0.25, 0.3) is 5.91 Å². The number of carbonyl (C=O) groups excluding carboxylic acids is 2. The van der Waals surface area contributed by atoms with Gasteiger partial charge in [-0.05, 0) is 55.5 Å². The molecule has 2 aromatic heterocycles. The van der Waals surface area contributed by atoms with Crippen LogP contribution in [-0.4, -0.2) is 47.2 Å². The van der Waals surface area contributed by atoms with Crippen molar-refractivity contribution in [3.63, 3.8) is 0 Å². The normalized spacial score (nSPS) is 10.9. The Hall–Kier alpha value is -3.43. The number of benzene rings is 2. The molecule has 170 valence electrons. The van der Waals surface area contributed by atoms with Gasteiger partial charge in [0.2, 0.25) is 5.91 Å². The van der Waals surface area contributed by atoms with Gasteiger partial charge in [-0.15, -0.1) is 11.3 Å². The second-order valence-corrected chi connectivity index (χ2v) is 8.82. The molecule has 0 saturated carbocycles. The molecule has 0 spiro atoms. The number of fused-ring (bicyclic) bond motifs is 1. The van der Waals surface area contributed by atoms with Crippen molar-refractivity contribution in [1.82, 2.24) is 14.7 Å². The average Bonchev–Trinajstić information content (AvgIpc) is 3.34. The van der Waals surface area contributed by atoms with E-state index in [0.29, 0.717) is 27.0 Å². The van der Waals surface area contributed by atoms with Gasteiger partial charge in [0.15, 0.2) is 0 Å². The van der Waals surface area contributed by atoms with Crippen molar-refractivity contribution in [3.8, 4) is 11.4 Å². The first-order chi connectivity index (χ1) is 15.8. The first-order valence-electron chi connectivity index (χ1n) is 9.91. The van der Waals surface area contributed by atoms with Gasteiger partial charge in [0, 0.05) is 17.5 Å². The largest absolute Gasteiger partial charge is 0.495 e. The Morgan fingerprint density at radius 1 is 1.21 bits per heavy atom. The van der Waals surface area contributed by atoms with E-state index in [1.807, 2.05) is 6.92 Å². The van der Waals surface area contributed by atoms with Crippen LogP contribution in [0.5, 0.6) is 5.75 Å². The molecule has 2 aromatic carbocycles. The summed E-state index contributed by atoms with van der Waals surface area (Å²) in [5.74, 6) is -0.557. The highest BCUT2D eigenvalue weighted by atomic mass is 35.5. The standard InChI is InChI=1S/C23H20ClFN4O3S/c1-13-17-11-20(33-23(17)29(27-13)16-7-5-15(25)6-8-16)22(31)28(2)12-21(30)26-18-10-14(24)4-9-19(18)32-3/h4-11H,12H2,1-3H3,(H,26,30). The van der Waals surface area contributed by atoms with Gasteiger partial charge >= 0.3 is 0 Å². The highest BCUT2D eigenvalue weighted by Gasteiger charge is 2.21. The predicted molar refractivity (Wildman–Crippen MR) is 127 cm³/mol. The van der Waals surface area contributed by atoms with Crippen molar-refractivity contribution < 1.29 is 18.7 Å². The molecule has 0 atom stereocenters. The molecule has 2 amide bonds. The van der Waals surface area contributed by atoms with Gasteiger partial charge in [0.05, 0.1) is 35.6 Å². The van der Waals surface area contributed by atoms with Crippen LogP contribution in [0.25, 0.3) is 15.9 Å². The van der Waals surface area contributed by atoms with E-state index in [9.17, 15) is 14.0 Å². The van der Waals surface area contributed by atoms with E-state index in [1.165, 1.54) is 35.5 Å². The van der Waals surface area contributed by atoms with E-state index in [4.69, 9.17) is 16.3 Å². The van der Waals surface area contributed by atoms with Gasteiger partial charge in [-0.3, -0.25) is 9.59 Å². The summed E-state index contributed by atoms with van der Waals surface area (Å²) in [6, 6.07) is 12.6. The lowest BCUT2D eigenvalue weighted by Crippen LogP contribution is -2.34. The Morgan fingerprint density at radius 2 is 1.94 bits per heavy atom. The van der Waals surface area contributed by atoms with Crippen LogP contribution in [0, 0.1) is 12.7 Å². The number of rotatable bonds is 6. The first kappa shape index (κ1) is 22.8. The van der Waals surface area contributed by atoms with E-state index < -0.39 is 0 Å². The van der Waals surface area contributed by atoms with Gasteiger partial charge in [-0.1, -0.05) is 11.6 Å². The Balaban J connectivity index is 1.52. The molecule has 0 saturated heterocycles. The number of ether oxygens (including phenoxy) is 1. The van der Waals surface area contributed by atoms with Crippen molar-refractivity contribution >= 4 is 50.7 Å². The maximum absolute atomic E-state index is 13.3. The highest BCUT2D eigenvalue weighted by Crippen LogP contribution is 2.31. The molecule has 4 aromatic rings. The molecule has 0 aliphatic carbocycles. The van der Waals surface area contributed by atoms with Gasteiger partial charge in [-0.25, -0.2) is 9.07 Å². The lowest BCUT2D eigenvalue weighted by molar-refractivity contribution is -0.116. The Morgan fingerprint density at radius 3 is 2.64 bits per heavy atom. The number of aryl methyl sites for hydroxylation is 1. The van der Waals surface area contributed by atoms with Gasteiger partial charge < -0.3 is 15.0 Å². The fraction of sp³-hybridized carbons (Fsp3) is 0.174. The Kier molecular flexibility index (Phi) is 6.35. The van der Waals surface area contributed by atoms with Crippen LogP contribution < -0.4 is 10.1 Å². The molecular weight excluding hydrogens is 467 g/mol.